The molecular weight excluding hydrogens is 286 g/mol. The molecule has 6 heteroatoms. The zero-order chi connectivity index (χ0) is 15.4. The Labute approximate surface area is 130 Å². The molecule has 0 amide bonds. The molecule has 1 fully saturated rings. The number of hydrogen-bond donors (Lipinski definition) is 2. The zero-order valence-electron chi connectivity index (χ0n) is 12.4. The monoisotopic (exact) mass is 307 g/mol. The molecule has 0 aromatic heterocycles. The minimum absolute atomic E-state index is 0.105. The van der Waals surface area contributed by atoms with Crippen molar-refractivity contribution in [2.75, 3.05) is 5.32 Å². The van der Waals surface area contributed by atoms with Crippen molar-refractivity contribution in [1.29, 1.82) is 0 Å². The molecule has 114 valence electrons. The largest absolute Gasteiger partial charge is 0.359 e. The third kappa shape index (κ3) is 4.14. The summed E-state index contributed by atoms with van der Waals surface area (Å²) >= 11 is 5.32. The maximum absolute atomic E-state index is 10.9. The Balaban J connectivity index is 1.99. The van der Waals surface area contributed by atoms with Gasteiger partial charge in [0.15, 0.2) is 5.11 Å². The number of thiocarbonyl (C=S) groups is 1. The lowest BCUT2D eigenvalue weighted by molar-refractivity contribution is -0.385. The molecular formula is C15H21N3O2S. The number of hydrogen-bond acceptors (Lipinski definition) is 3. The fourth-order valence-corrected chi connectivity index (χ4v) is 3.02. The molecule has 2 N–H and O–H groups in total. The number of rotatable bonds is 3. The van der Waals surface area contributed by atoms with Crippen LogP contribution in [-0.2, 0) is 0 Å². The molecule has 1 aliphatic rings. The second kappa shape index (κ2) is 6.85. The van der Waals surface area contributed by atoms with Crippen LogP contribution < -0.4 is 10.6 Å². The van der Waals surface area contributed by atoms with Gasteiger partial charge in [-0.2, -0.15) is 0 Å². The van der Waals surface area contributed by atoms with Crippen LogP contribution in [0.15, 0.2) is 18.2 Å². The summed E-state index contributed by atoms with van der Waals surface area (Å²) in [6.45, 7) is 3.96. The number of benzene rings is 1. The average Bonchev–Trinajstić information content (AvgIpc) is 2.43. The van der Waals surface area contributed by atoms with Crippen LogP contribution in [0, 0.1) is 23.0 Å². The van der Waals surface area contributed by atoms with Crippen molar-refractivity contribution >= 4 is 28.7 Å². The van der Waals surface area contributed by atoms with Gasteiger partial charge in [0, 0.05) is 23.4 Å². The van der Waals surface area contributed by atoms with Crippen molar-refractivity contribution in [2.45, 2.75) is 45.6 Å². The molecule has 21 heavy (non-hydrogen) atoms. The second-order valence-electron chi connectivity index (χ2n) is 5.73. The Kier molecular flexibility index (Phi) is 5.12. The molecule has 2 rings (SSSR count). The molecule has 1 aliphatic carbocycles. The van der Waals surface area contributed by atoms with Crippen LogP contribution in [0.4, 0.5) is 11.4 Å². The van der Waals surface area contributed by atoms with E-state index in [-0.39, 0.29) is 10.6 Å². The fraction of sp³-hybridized carbons (Fsp3) is 0.533. The standard InChI is InChI=1S/C15H21N3O2S/c1-10-5-3-4-6-13(10)17-15(21)16-12-8-7-11(2)14(9-12)18(19)20/h7-10,13H,3-6H2,1-2H3,(H2,16,17,21)/t10-,13+/m0/s1. The number of aryl methyl sites for hydroxylation is 1. The van der Waals surface area contributed by atoms with Crippen LogP contribution in [0.3, 0.4) is 0 Å². The quantitative estimate of drug-likeness (QED) is 0.505. The van der Waals surface area contributed by atoms with Crippen LogP contribution >= 0.6 is 12.2 Å². The van der Waals surface area contributed by atoms with E-state index in [1.807, 2.05) is 0 Å². The van der Waals surface area contributed by atoms with Crippen LogP contribution in [0.5, 0.6) is 0 Å². The minimum atomic E-state index is -0.375. The highest BCUT2D eigenvalue weighted by molar-refractivity contribution is 7.80. The zero-order valence-corrected chi connectivity index (χ0v) is 13.2. The SMILES string of the molecule is Cc1ccc(NC(=S)N[C@@H]2CCCC[C@@H]2C)cc1[N+](=O)[O-]. The maximum Gasteiger partial charge on any atom is 0.274 e. The summed E-state index contributed by atoms with van der Waals surface area (Å²) in [5, 5.41) is 17.9. The third-order valence-electron chi connectivity index (χ3n) is 4.09. The molecule has 1 aromatic carbocycles. The first-order chi connectivity index (χ1) is 9.97. The van der Waals surface area contributed by atoms with E-state index in [4.69, 9.17) is 12.2 Å². The number of nitro benzene ring substituents is 1. The van der Waals surface area contributed by atoms with Gasteiger partial charge in [0.25, 0.3) is 5.69 Å². The normalized spacial score (nSPS) is 21.6. The predicted octanol–water partition coefficient (Wildman–Crippen LogP) is 3.77. The Bertz CT molecular complexity index is 548. The number of anilines is 1. The lowest BCUT2D eigenvalue weighted by atomic mass is 9.86. The molecule has 0 bridgehead atoms. The number of nitro groups is 1. The van der Waals surface area contributed by atoms with Crippen LogP contribution in [-0.4, -0.2) is 16.1 Å². The first-order valence-corrected chi connectivity index (χ1v) is 7.71. The van der Waals surface area contributed by atoms with Gasteiger partial charge in [-0.3, -0.25) is 10.1 Å². The Morgan fingerprint density at radius 2 is 2.10 bits per heavy atom. The molecule has 0 heterocycles. The second-order valence-corrected chi connectivity index (χ2v) is 6.13. The molecule has 0 saturated heterocycles. The number of nitrogens with one attached hydrogen (secondary N) is 2. The fourth-order valence-electron chi connectivity index (χ4n) is 2.75. The lowest BCUT2D eigenvalue weighted by Gasteiger charge is -2.30. The van der Waals surface area contributed by atoms with Crippen LogP contribution in [0.25, 0.3) is 0 Å². The van der Waals surface area contributed by atoms with Gasteiger partial charge in [0.05, 0.1) is 4.92 Å². The average molecular weight is 307 g/mol. The van der Waals surface area contributed by atoms with Crippen molar-refractivity contribution in [3.8, 4) is 0 Å². The highest BCUT2D eigenvalue weighted by atomic mass is 32.1. The van der Waals surface area contributed by atoms with Crippen molar-refractivity contribution in [2.24, 2.45) is 5.92 Å². The van der Waals surface area contributed by atoms with Gasteiger partial charge in [-0.25, -0.2) is 0 Å². The Hall–Kier alpha value is -1.69. The summed E-state index contributed by atoms with van der Waals surface area (Å²) in [4.78, 5) is 10.6. The van der Waals surface area contributed by atoms with E-state index < -0.39 is 0 Å². The van der Waals surface area contributed by atoms with Crippen molar-refractivity contribution in [1.82, 2.24) is 5.32 Å². The molecule has 0 spiro atoms. The van der Waals surface area contributed by atoms with Gasteiger partial charge in [0.2, 0.25) is 0 Å². The smallest absolute Gasteiger partial charge is 0.274 e. The third-order valence-corrected chi connectivity index (χ3v) is 4.31. The van der Waals surface area contributed by atoms with Crippen LogP contribution in [0.1, 0.15) is 38.2 Å². The van der Waals surface area contributed by atoms with E-state index in [1.54, 1.807) is 19.1 Å². The summed E-state index contributed by atoms with van der Waals surface area (Å²) in [5.74, 6) is 0.603. The summed E-state index contributed by atoms with van der Waals surface area (Å²) in [6, 6.07) is 5.44. The van der Waals surface area contributed by atoms with E-state index in [0.717, 1.165) is 6.42 Å². The topological polar surface area (TPSA) is 67.2 Å². The van der Waals surface area contributed by atoms with Gasteiger partial charge in [-0.05, 0) is 44.0 Å². The van der Waals surface area contributed by atoms with Gasteiger partial charge in [0.1, 0.15) is 0 Å². The minimum Gasteiger partial charge on any atom is -0.359 e. The van der Waals surface area contributed by atoms with Gasteiger partial charge >= 0.3 is 0 Å². The highest BCUT2D eigenvalue weighted by Crippen LogP contribution is 2.25. The van der Waals surface area contributed by atoms with Gasteiger partial charge in [-0.1, -0.05) is 25.8 Å². The van der Waals surface area contributed by atoms with E-state index in [2.05, 4.69) is 17.6 Å². The summed E-state index contributed by atoms with van der Waals surface area (Å²) < 4.78 is 0. The predicted molar refractivity (Wildman–Crippen MR) is 88.6 cm³/mol. The molecule has 0 aliphatic heterocycles. The van der Waals surface area contributed by atoms with E-state index >= 15 is 0 Å². The summed E-state index contributed by atoms with van der Waals surface area (Å²) in [5.41, 5.74) is 1.40. The lowest BCUT2D eigenvalue weighted by Crippen LogP contribution is -2.43. The maximum atomic E-state index is 10.9. The van der Waals surface area contributed by atoms with E-state index in [0.29, 0.717) is 28.3 Å². The first kappa shape index (κ1) is 15.7. The van der Waals surface area contributed by atoms with Crippen molar-refractivity contribution in [3.05, 3.63) is 33.9 Å². The van der Waals surface area contributed by atoms with Crippen molar-refractivity contribution < 1.29 is 4.92 Å². The van der Waals surface area contributed by atoms with Gasteiger partial charge in [-0.15, -0.1) is 0 Å². The molecule has 0 unspecified atom stereocenters. The molecule has 1 aromatic rings. The summed E-state index contributed by atoms with van der Waals surface area (Å²) in [6.07, 6.45) is 4.84. The molecule has 2 atom stereocenters. The molecule has 5 nitrogen and oxygen atoms in total. The van der Waals surface area contributed by atoms with Crippen molar-refractivity contribution in [3.63, 3.8) is 0 Å². The van der Waals surface area contributed by atoms with Crippen LogP contribution in [0.2, 0.25) is 0 Å². The Morgan fingerprint density at radius 3 is 2.76 bits per heavy atom. The van der Waals surface area contributed by atoms with Gasteiger partial charge < -0.3 is 10.6 Å². The molecule has 0 radical (unpaired) electrons. The Morgan fingerprint density at radius 1 is 1.38 bits per heavy atom. The van der Waals surface area contributed by atoms with E-state index in [9.17, 15) is 10.1 Å². The molecule has 1 saturated carbocycles. The number of nitrogens with zero attached hydrogens (tertiary/aromatic N) is 1. The first-order valence-electron chi connectivity index (χ1n) is 7.30. The highest BCUT2D eigenvalue weighted by Gasteiger charge is 2.21. The summed E-state index contributed by atoms with van der Waals surface area (Å²) in [7, 11) is 0. The van der Waals surface area contributed by atoms with E-state index in [1.165, 1.54) is 25.3 Å².